The number of aromatic hydroxyl groups is 2. The van der Waals surface area contributed by atoms with E-state index >= 15 is 0 Å². The topological polar surface area (TPSA) is 392 Å². The van der Waals surface area contributed by atoms with E-state index in [0.717, 1.165) is 47.1 Å². The molecule has 0 unspecified atom stereocenters. The molecule has 28 heteroatoms. The summed E-state index contributed by atoms with van der Waals surface area (Å²) in [7, 11) is -14.4. The quantitative estimate of drug-likeness (QED) is 0.0374. The van der Waals surface area contributed by atoms with Gasteiger partial charge in [0, 0.05) is 17.5 Å². The van der Waals surface area contributed by atoms with Crippen molar-refractivity contribution in [3.63, 3.8) is 0 Å². The van der Waals surface area contributed by atoms with Gasteiger partial charge in [-0.2, -0.15) is 40.1 Å². The molecule has 0 atom stereocenters. The number of ether oxygens (including phenoxy) is 2. The van der Waals surface area contributed by atoms with Gasteiger partial charge in [-0.1, -0.05) is 6.07 Å². The SMILES string of the molecule is Cc1nn(-c2ccc3cc(S(=O)(=O)O)c(N=Nc4cc(OCCO)c(N=Nc5ccc(S(=O)(=O)O)cc5C(=O)O)cc4OCCO)c(O)c3c2)c(O)c1N=Nc1ccc(S(=O)(=O)O)cc1. The molecule has 25 nitrogen and oxygen atoms in total. The van der Waals surface area contributed by atoms with E-state index in [4.69, 9.17) is 9.47 Å². The second-order valence-electron chi connectivity index (χ2n) is 13.1. The van der Waals surface area contributed by atoms with Crippen LogP contribution in [-0.4, -0.2) is 107 Å². The number of fused-ring (bicyclic) bond motifs is 1. The first-order valence-electron chi connectivity index (χ1n) is 18.0. The minimum Gasteiger partial charge on any atom is -0.505 e. The van der Waals surface area contributed by atoms with Crippen molar-refractivity contribution < 1.29 is 78.7 Å². The van der Waals surface area contributed by atoms with Crippen molar-refractivity contribution in [2.45, 2.75) is 21.6 Å². The van der Waals surface area contributed by atoms with Crippen molar-refractivity contribution in [3.8, 4) is 28.8 Å². The Labute approximate surface area is 366 Å². The summed E-state index contributed by atoms with van der Waals surface area (Å²) in [6.45, 7) is -0.313. The lowest BCUT2D eigenvalue weighted by Crippen LogP contribution is -2.04. The lowest BCUT2D eigenvalue weighted by atomic mass is 10.1. The van der Waals surface area contributed by atoms with Crippen LogP contribution < -0.4 is 9.47 Å². The standard InChI is InChI=1S/C37H32N8O17S3/c1-19-33(42-38-21-3-6-23(7-4-21)63(52,53)54)36(49)45(44-19)22-5-2-20-14-32(65(58,59)60)34(35(48)25(20)15-22)43-41-29-18-30(61-12-10-46)28(17-31(29)62-13-11-47)40-39-27-9-8-24(64(55,56)57)16-26(27)37(50)51/h2-9,14-18,46-49H,10-13H2,1H3,(H,50,51)(H,52,53,54)(H,55,56,57)(H,58,59,60). The van der Waals surface area contributed by atoms with E-state index in [2.05, 4.69) is 35.8 Å². The van der Waals surface area contributed by atoms with Gasteiger partial charge in [0.2, 0.25) is 5.88 Å². The molecule has 0 bridgehead atoms. The van der Waals surface area contributed by atoms with Crippen LogP contribution in [-0.2, 0) is 30.4 Å². The average molecular weight is 957 g/mol. The Bertz CT molecular complexity index is 3290. The van der Waals surface area contributed by atoms with Gasteiger partial charge in [0.25, 0.3) is 30.4 Å². The molecule has 0 amide bonds. The number of azo groups is 3. The molecule has 6 aromatic rings. The predicted octanol–water partition coefficient (Wildman–Crippen LogP) is 6.17. The van der Waals surface area contributed by atoms with Crippen molar-refractivity contribution in [1.29, 1.82) is 0 Å². The van der Waals surface area contributed by atoms with E-state index in [1.807, 2.05) is 0 Å². The van der Waals surface area contributed by atoms with Crippen LogP contribution in [0.4, 0.5) is 34.1 Å². The second kappa shape index (κ2) is 18.8. The van der Waals surface area contributed by atoms with E-state index in [-0.39, 0.29) is 80.2 Å². The van der Waals surface area contributed by atoms with Gasteiger partial charge in [-0.3, -0.25) is 13.7 Å². The Balaban J connectivity index is 1.42. The van der Waals surface area contributed by atoms with Crippen LogP contribution in [0.2, 0.25) is 0 Å². The Morgan fingerprint density at radius 1 is 0.646 bits per heavy atom. The summed E-state index contributed by atoms with van der Waals surface area (Å²) < 4.78 is 112. The number of hydrogen-bond donors (Lipinski definition) is 8. The third-order valence-corrected chi connectivity index (χ3v) is 11.3. The van der Waals surface area contributed by atoms with Crippen molar-refractivity contribution in [2.24, 2.45) is 30.7 Å². The molecule has 8 N–H and O–H groups in total. The molecule has 0 radical (unpaired) electrons. The number of aromatic nitrogens is 2. The summed E-state index contributed by atoms with van der Waals surface area (Å²) >= 11 is 0. The van der Waals surface area contributed by atoms with Crippen LogP contribution in [0.15, 0.2) is 124 Å². The molecule has 340 valence electrons. The van der Waals surface area contributed by atoms with Crippen molar-refractivity contribution in [2.75, 3.05) is 26.4 Å². The highest BCUT2D eigenvalue weighted by Crippen LogP contribution is 2.46. The lowest BCUT2D eigenvalue weighted by molar-refractivity contribution is 0.0697. The van der Waals surface area contributed by atoms with Crippen LogP contribution in [0.1, 0.15) is 16.1 Å². The largest absolute Gasteiger partial charge is 0.505 e. The number of rotatable bonds is 17. The van der Waals surface area contributed by atoms with E-state index in [0.29, 0.717) is 6.07 Å². The third kappa shape index (κ3) is 10.7. The summed E-state index contributed by atoms with van der Waals surface area (Å²) in [5, 5.41) is 79.3. The molecule has 1 heterocycles. The van der Waals surface area contributed by atoms with E-state index in [1.54, 1.807) is 0 Å². The molecule has 0 saturated heterocycles. The lowest BCUT2D eigenvalue weighted by Gasteiger charge is -2.13. The van der Waals surface area contributed by atoms with Gasteiger partial charge in [-0.25, -0.2) is 4.79 Å². The minimum absolute atomic E-state index is 0.0505. The molecule has 0 aliphatic carbocycles. The Hall–Kier alpha value is -7.31. The molecular weight excluding hydrogens is 925 g/mol. The summed E-state index contributed by atoms with van der Waals surface area (Å²) in [6, 6.07) is 14.3. The fourth-order valence-corrected chi connectivity index (χ4v) is 7.38. The fourth-order valence-electron chi connectivity index (χ4n) is 5.73. The summed E-state index contributed by atoms with van der Waals surface area (Å²) in [5.74, 6) is -3.46. The molecule has 0 fully saturated rings. The maximum absolute atomic E-state index is 12.6. The second-order valence-corrected chi connectivity index (χ2v) is 17.3. The van der Waals surface area contributed by atoms with E-state index in [1.165, 1.54) is 37.3 Å². The van der Waals surface area contributed by atoms with E-state index < -0.39 is 82.2 Å². The number of aliphatic hydroxyl groups is 2. The highest BCUT2D eigenvalue weighted by Gasteiger charge is 2.25. The zero-order valence-corrected chi connectivity index (χ0v) is 35.3. The molecule has 0 saturated carbocycles. The summed E-state index contributed by atoms with van der Waals surface area (Å²) in [6.07, 6.45) is 0. The van der Waals surface area contributed by atoms with Gasteiger partial charge < -0.3 is 35.0 Å². The number of benzene rings is 5. The van der Waals surface area contributed by atoms with Gasteiger partial charge in [0.15, 0.2) is 11.4 Å². The zero-order chi connectivity index (χ0) is 47.4. The molecule has 6 rings (SSSR count). The highest BCUT2D eigenvalue weighted by atomic mass is 32.2. The van der Waals surface area contributed by atoms with Crippen LogP contribution in [0.5, 0.6) is 23.1 Å². The summed E-state index contributed by atoms with van der Waals surface area (Å²) in [4.78, 5) is 9.88. The normalized spacial score (nSPS) is 12.5. The van der Waals surface area contributed by atoms with Crippen LogP contribution in [0.25, 0.3) is 16.5 Å². The van der Waals surface area contributed by atoms with Gasteiger partial charge in [-0.15, -0.1) is 25.6 Å². The van der Waals surface area contributed by atoms with Crippen LogP contribution in [0.3, 0.4) is 0 Å². The van der Waals surface area contributed by atoms with Crippen molar-refractivity contribution in [3.05, 3.63) is 90.1 Å². The average Bonchev–Trinajstić information content (AvgIpc) is 3.53. The number of aliphatic hydroxyl groups excluding tert-OH is 2. The van der Waals surface area contributed by atoms with Crippen molar-refractivity contribution >= 4 is 81.2 Å². The highest BCUT2D eigenvalue weighted by molar-refractivity contribution is 7.86. The fraction of sp³-hybridized carbons (Fsp3) is 0.135. The number of carbonyl (C=O) groups is 1. The monoisotopic (exact) mass is 956 g/mol. The number of hydrogen-bond acceptors (Lipinski definition) is 20. The molecule has 65 heavy (non-hydrogen) atoms. The maximum atomic E-state index is 12.6. The minimum atomic E-state index is -5.14. The first-order valence-corrected chi connectivity index (χ1v) is 22.3. The van der Waals surface area contributed by atoms with Gasteiger partial charge >= 0.3 is 5.97 Å². The number of aromatic carboxylic acids is 1. The number of carboxylic acids is 1. The van der Waals surface area contributed by atoms with E-state index in [9.17, 15) is 69.2 Å². The van der Waals surface area contributed by atoms with Crippen LogP contribution >= 0.6 is 0 Å². The molecule has 1 aromatic heterocycles. The van der Waals surface area contributed by atoms with Gasteiger partial charge in [0.05, 0.1) is 45.6 Å². The number of phenolic OH excluding ortho intramolecular Hbond substituents is 1. The smallest absolute Gasteiger partial charge is 0.338 e. The maximum Gasteiger partial charge on any atom is 0.338 e. The van der Waals surface area contributed by atoms with Gasteiger partial charge in [-0.05, 0) is 73.0 Å². The zero-order valence-electron chi connectivity index (χ0n) is 32.9. The molecular formula is C37H32N8O17S3. The van der Waals surface area contributed by atoms with Crippen molar-refractivity contribution in [1.82, 2.24) is 9.78 Å². The molecule has 0 spiro atoms. The Kier molecular flexibility index (Phi) is 13.6. The number of aryl methyl sites for hydroxylation is 1. The van der Waals surface area contributed by atoms with Crippen LogP contribution in [0, 0.1) is 6.92 Å². The molecule has 5 aromatic carbocycles. The Morgan fingerprint density at radius 2 is 1.20 bits per heavy atom. The summed E-state index contributed by atoms with van der Waals surface area (Å²) in [5.41, 5.74) is -2.04. The number of nitrogens with zero attached hydrogens (tertiary/aromatic N) is 8. The molecule has 0 aliphatic rings. The first-order chi connectivity index (χ1) is 30.6. The third-order valence-electron chi connectivity index (χ3n) is 8.72. The number of phenols is 1. The van der Waals surface area contributed by atoms with Gasteiger partial charge in [0.1, 0.15) is 52.4 Å². The number of carboxylic acid groups (broad SMARTS) is 1. The Morgan fingerprint density at radius 3 is 1.75 bits per heavy atom. The predicted molar refractivity (Wildman–Crippen MR) is 223 cm³/mol. The molecule has 0 aliphatic heterocycles. The first kappa shape index (κ1) is 47.2.